The molecule has 2 heterocycles. The van der Waals surface area contributed by atoms with Crippen molar-refractivity contribution in [2.45, 2.75) is 12.5 Å². The third kappa shape index (κ3) is 3.65. The highest BCUT2D eigenvalue weighted by Crippen LogP contribution is 2.30. The maximum Gasteiger partial charge on any atom is 0.148 e. The van der Waals surface area contributed by atoms with Gasteiger partial charge in [-0.1, -0.05) is 17.5 Å². The van der Waals surface area contributed by atoms with Crippen molar-refractivity contribution >= 4 is 34.0 Å². The van der Waals surface area contributed by atoms with E-state index in [0.717, 1.165) is 11.8 Å². The van der Waals surface area contributed by atoms with Gasteiger partial charge >= 0.3 is 0 Å². The normalized spacial score (nSPS) is 16.3. The molecule has 1 atom stereocenters. The van der Waals surface area contributed by atoms with Crippen LogP contribution in [-0.4, -0.2) is 29.3 Å². The molecular weight excluding hydrogens is 369 g/mol. The number of fused-ring (bicyclic) bond motifs is 1. The Hall–Kier alpha value is -2.88. The molecule has 0 aliphatic carbocycles. The molecule has 1 saturated heterocycles. The molecule has 0 radical (unpaired) electrons. The van der Waals surface area contributed by atoms with Gasteiger partial charge in [-0.05, 0) is 24.3 Å². The fraction of sp³-hybridized carbons (Fsp3) is 0.200. The van der Waals surface area contributed by atoms with Gasteiger partial charge in [0.05, 0.1) is 29.4 Å². The van der Waals surface area contributed by atoms with Crippen LogP contribution in [0.2, 0.25) is 5.02 Å². The standard InChI is InChI=1S/C20H15ClFN3O2/c1-2-12-7-19(17(22)9-16(12)21)25-20-15-4-3-13(8-18(15)23-11-24-20)27-14-5-6-26-10-14/h1,3-4,7-9,11,14H,5-6,10H2,(H,23,24,25). The maximum absolute atomic E-state index is 14.3. The molecule has 1 aromatic heterocycles. The quantitative estimate of drug-likeness (QED) is 0.680. The first-order chi connectivity index (χ1) is 13.1. The first kappa shape index (κ1) is 17.5. The molecule has 3 aromatic rings. The van der Waals surface area contributed by atoms with Crippen LogP contribution in [0.1, 0.15) is 12.0 Å². The van der Waals surface area contributed by atoms with Gasteiger partial charge in [0.2, 0.25) is 0 Å². The average molecular weight is 384 g/mol. The summed E-state index contributed by atoms with van der Waals surface area (Å²) in [6, 6.07) is 8.14. The van der Waals surface area contributed by atoms with Crippen LogP contribution >= 0.6 is 11.6 Å². The van der Waals surface area contributed by atoms with Gasteiger partial charge in [0, 0.05) is 23.4 Å². The van der Waals surface area contributed by atoms with Crippen molar-refractivity contribution in [3.05, 3.63) is 53.1 Å². The lowest BCUT2D eigenvalue weighted by molar-refractivity contribution is 0.141. The largest absolute Gasteiger partial charge is 0.488 e. The summed E-state index contributed by atoms with van der Waals surface area (Å²) in [6.45, 7) is 1.29. The fourth-order valence-electron chi connectivity index (χ4n) is 2.89. The van der Waals surface area contributed by atoms with Gasteiger partial charge in [-0.15, -0.1) is 6.42 Å². The lowest BCUT2D eigenvalue weighted by atomic mass is 10.2. The van der Waals surface area contributed by atoms with E-state index in [2.05, 4.69) is 21.2 Å². The van der Waals surface area contributed by atoms with E-state index in [-0.39, 0.29) is 16.8 Å². The zero-order valence-electron chi connectivity index (χ0n) is 14.2. The number of benzene rings is 2. The highest BCUT2D eigenvalue weighted by Gasteiger charge is 2.18. The van der Waals surface area contributed by atoms with Gasteiger partial charge in [-0.2, -0.15) is 0 Å². The van der Waals surface area contributed by atoms with Crippen LogP contribution in [0.3, 0.4) is 0 Å². The van der Waals surface area contributed by atoms with Crippen LogP contribution in [0.15, 0.2) is 36.7 Å². The van der Waals surface area contributed by atoms with Crippen molar-refractivity contribution < 1.29 is 13.9 Å². The van der Waals surface area contributed by atoms with E-state index in [1.807, 2.05) is 18.2 Å². The summed E-state index contributed by atoms with van der Waals surface area (Å²) in [5.74, 6) is 3.07. The second-order valence-electron chi connectivity index (χ2n) is 6.09. The Balaban J connectivity index is 1.65. The Morgan fingerprint density at radius 3 is 2.96 bits per heavy atom. The highest BCUT2D eigenvalue weighted by atomic mass is 35.5. The molecule has 0 bridgehead atoms. The zero-order chi connectivity index (χ0) is 18.8. The molecule has 1 aliphatic heterocycles. The molecule has 27 heavy (non-hydrogen) atoms. The predicted molar refractivity (Wildman–Crippen MR) is 102 cm³/mol. The Labute approximate surface area is 160 Å². The highest BCUT2D eigenvalue weighted by molar-refractivity contribution is 6.31. The molecular formula is C20H15ClFN3O2. The molecule has 2 aromatic carbocycles. The third-order valence-electron chi connectivity index (χ3n) is 4.26. The molecule has 1 aliphatic rings. The van der Waals surface area contributed by atoms with Crippen LogP contribution < -0.4 is 10.1 Å². The monoisotopic (exact) mass is 383 g/mol. The Bertz CT molecular complexity index is 1050. The van der Waals surface area contributed by atoms with Crippen LogP contribution in [0.4, 0.5) is 15.9 Å². The molecule has 136 valence electrons. The Kier molecular flexibility index (Phi) is 4.80. The third-order valence-corrected chi connectivity index (χ3v) is 4.58. The van der Waals surface area contributed by atoms with Gasteiger partial charge < -0.3 is 14.8 Å². The van der Waals surface area contributed by atoms with Crippen molar-refractivity contribution in [2.75, 3.05) is 18.5 Å². The van der Waals surface area contributed by atoms with Gasteiger partial charge in [-0.3, -0.25) is 0 Å². The number of hydrogen-bond donors (Lipinski definition) is 1. The zero-order valence-corrected chi connectivity index (χ0v) is 15.0. The molecule has 0 saturated carbocycles. The van der Waals surface area contributed by atoms with Gasteiger partial charge in [0.15, 0.2) is 0 Å². The number of anilines is 2. The first-order valence-electron chi connectivity index (χ1n) is 8.36. The second-order valence-corrected chi connectivity index (χ2v) is 6.49. The van der Waals surface area contributed by atoms with Crippen molar-refractivity contribution in [1.82, 2.24) is 9.97 Å². The molecule has 7 heteroatoms. The number of halogens is 2. The number of nitrogens with one attached hydrogen (secondary N) is 1. The van der Waals surface area contributed by atoms with E-state index in [4.69, 9.17) is 27.5 Å². The van der Waals surface area contributed by atoms with Crippen molar-refractivity contribution in [3.8, 4) is 18.1 Å². The number of terminal acetylenes is 1. The summed E-state index contributed by atoms with van der Waals surface area (Å²) in [5.41, 5.74) is 1.26. The van der Waals surface area contributed by atoms with E-state index in [1.165, 1.54) is 18.5 Å². The lowest BCUT2D eigenvalue weighted by Gasteiger charge is -2.13. The van der Waals surface area contributed by atoms with E-state index in [1.54, 1.807) is 0 Å². The van der Waals surface area contributed by atoms with Crippen LogP contribution in [0.25, 0.3) is 10.9 Å². The summed E-state index contributed by atoms with van der Waals surface area (Å²) in [6.07, 6.45) is 7.72. The molecule has 1 N–H and O–H groups in total. The minimum Gasteiger partial charge on any atom is -0.488 e. The smallest absolute Gasteiger partial charge is 0.148 e. The summed E-state index contributed by atoms with van der Waals surface area (Å²) >= 11 is 5.93. The molecule has 1 unspecified atom stereocenters. The van der Waals surface area contributed by atoms with Gasteiger partial charge in [-0.25, -0.2) is 14.4 Å². The van der Waals surface area contributed by atoms with Crippen LogP contribution in [0, 0.1) is 18.2 Å². The summed E-state index contributed by atoms with van der Waals surface area (Å²) in [5, 5.41) is 3.88. The molecule has 0 spiro atoms. The summed E-state index contributed by atoms with van der Waals surface area (Å²) in [4.78, 5) is 8.50. The minimum absolute atomic E-state index is 0.0484. The number of aromatic nitrogens is 2. The minimum atomic E-state index is -0.521. The number of rotatable bonds is 4. The Morgan fingerprint density at radius 2 is 2.19 bits per heavy atom. The molecule has 4 rings (SSSR count). The van der Waals surface area contributed by atoms with Gasteiger partial charge in [0.1, 0.15) is 29.8 Å². The summed E-state index contributed by atoms with van der Waals surface area (Å²) in [7, 11) is 0. The second kappa shape index (κ2) is 7.39. The van der Waals surface area contributed by atoms with Crippen LogP contribution in [-0.2, 0) is 4.74 Å². The average Bonchev–Trinajstić information content (AvgIpc) is 3.17. The van der Waals surface area contributed by atoms with E-state index >= 15 is 0 Å². The fourth-order valence-corrected chi connectivity index (χ4v) is 3.10. The number of nitrogens with zero attached hydrogens (tertiary/aromatic N) is 2. The number of hydrogen-bond acceptors (Lipinski definition) is 5. The van der Waals surface area contributed by atoms with Crippen molar-refractivity contribution in [3.63, 3.8) is 0 Å². The van der Waals surface area contributed by atoms with E-state index < -0.39 is 5.82 Å². The molecule has 0 amide bonds. The number of ether oxygens (including phenoxy) is 2. The van der Waals surface area contributed by atoms with E-state index in [0.29, 0.717) is 35.9 Å². The molecule has 5 nitrogen and oxygen atoms in total. The first-order valence-corrected chi connectivity index (χ1v) is 8.73. The van der Waals surface area contributed by atoms with Crippen molar-refractivity contribution in [2.24, 2.45) is 0 Å². The van der Waals surface area contributed by atoms with Crippen molar-refractivity contribution in [1.29, 1.82) is 0 Å². The van der Waals surface area contributed by atoms with Crippen LogP contribution in [0.5, 0.6) is 5.75 Å². The Morgan fingerprint density at radius 1 is 1.30 bits per heavy atom. The SMILES string of the molecule is C#Cc1cc(Nc2ncnc3cc(OC4CCOC4)ccc23)c(F)cc1Cl. The summed E-state index contributed by atoms with van der Waals surface area (Å²) < 4.78 is 25.5. The predicted octanol–water partition coefficient (Wildman–Crippen LogP) is 4.31. The topological polar surface area (TPSA) is 56.3 Å². The maximum atomic E-state index is 14.3. The van der Waals surface area contributed by atoms with E-state index in [9.17, 15) is 4.39 Å². The molecule has 1 fully saturated rings. The van der Waals surface area contributed by atoms with Gasteiger partial charge in [0.25, 0.3) is 0 Å². The lowest BCUT2D eigenvalue weighted by Crippen LogP contribution is -2.15.